The molecule has 6 nitrogen and oxygen atoms in total. The van der Waals surface area contributed by atoms with E-state index in [1.807, 2.05) is 26.0 Å². The fraction of sp³-hybridized carbons (Fsp3) is 0.353. The van der Waals surface area contributed by atoms with Crippen molar-refractivity contribution in [2.24, 2.45) is 0 Å². The summed E-state index contributed by atoms with van der Waals surface area (Å²) in [4.78, 5) is 20.2. The van der Waals surface area contributed by atoms with E-state index in [-0.39, 0.29) is 12.0 Å². The lowest BCUT2D eigenvalue weighted by Gasteiger charge is -2.09. The number of benzene rings is 1. The zero-order chi connectivity index (χ0) is 16.5. The van der Waals surface area contributed by atoms with Gasteiger partial charge in [-0.05, 0) is 50.6 Å². The predicted octanol–water partition coefficient (Wildman–Crippen LogP) is 2.77. The van der Waals surface area contributed by atoms with E-state index in [9.17, 15) is 4.79 Å². The highest BCUT2D eigenvalue weighted by molar-refractivity contribution is 5.94. The molecule has 1 amide bonds. The molecule has 0 bridgehead atoms. The van der Waals surface area contributed by atoms with Crippen LogP contribution < -0.4 is 10.6 Å². The second kappa shape index (κ2) is 8.85. The van der Waals surface area contributed by atoms with Gasteiger partial charge in [0.1, 0.15) is 0 Å². The van der Waals surface area contributed by atoms with Crippen LogP contribution in [-0.2, 0) is 4.74 Å². The third-order valence-electron chi connectivity index (χ3n) is 3.03. The van der Waals surface area contributed by atoms with Crippen molar-refractivity contribution in [2.45, 2.75) is 26.4 Å². The Bertz CT molecular complexity index is 600. The average Bonchev–Trinajstić information content (AvgIpc) is 2.56. The summed E-state index contributed by atoms with van der Waals surface area (Å²) >= 11 is 0. The van der Waals surface area contributed by atoms with E-state index in [0.29, 0.717) is 24.7 Å². The molecule has 0 saturated heterocycles. The maximum atomic E-state index is 12.0. The quantitative estimate of drug-likeness (QED) is 0.733. The van der Waals surface area contributed by atoms with Gasteiger partial charge in [0.15, 0.2) is 0 Å². The van der Waals surface area contributed by atoms with Crippen LogP contribution in [0.4, 0.5) is 11.6 Å². The third-order valence-corrected chi connectivity index (χ3v) is 3.03. The van der Waals surface area contributed by atoms with Crippen molar-refractivity contribution in [3.05, 3.63) is 48.3 Å². The molecule has 1 heterocycles. The normalized spacial score (nSPS) is 10.6. The number of aromatic nitrogens is 2. The van der Waals surface area contributed by atoms with Gasteiger partial charge in [0.05, 0.1) is 6.10 Å². The highest BCUT2D eigenvalue weighted by atomic mass is 16.5. The summed E-state index contributed by atoms with van der Waals surface area (Å²) in [6.45, 7) is 5.24. The molecule has 1 aromatic heterocycles. The Balaban J connectivity index is 1.78. The van der Waals surface area contributed by atoms with Crippen molar-refractivity contribution in [1.82, 2.24) is 15.3 Å². The van der Waals surface area contributed by atoms with Crippen LogP contribution in [0.1, 0.15) is 30.6 Å². The molecule has 0 saturated carbocycles. The summed E-state index contributed by atoms with van der Waals surface area (Å²) in [6, 6.07) is 8.95. The Labute approximate surface area is 136 Å². The zero-order valence-electron chi connectivity index (χ0n) is 13.5. The molecule has 0 unspecified atom stereocenters. The smallest absolute Gasteiger partial charge is 0.251 e. The molecular weight excluding hydrogens is 292 g/mol. The Kier molecular flexibility index (Phi) is 6.50. The Morgan fingerprint density at radius 1 is 1.17 bits per heavy atom. The molecule has 122 valence electrons. The number of hydrogen-bond acceptors (Lipinski definition) is 5. The Morgan fingerprint density at radius 2 is 1.87 bits per heavy atom. The van der Waals surface area contributed by atoms with E-state index < -0.39 is 0 Å². The number of carbonyl (C=O) groups excluding carboxylic acids is 1. The summed E-state index contributed by atoms with van der Waals surface area (Å²) in [5.74, 6) is 0.437. The molecule has 0 aliphatic rings. The van der Waals surface area contributed by atoms with E-state index in [2.05, 4.69) is 20.6 Å². The van der Waals surface area contributed by atoms with E-state index in [4.69, 9.17) is 4.74 Å². The van der Waals surface area contributed by atoms with E-state index in [1.54, 1.807) is 30.6 Å². The number of nitrogens with one attached hydrogen (secondary N) is 2. The lowest BCUT2D eigenvalue weighted by molar-refractivity contribution is 0.0757. The summed E-state index contributed by atoms with van der Waals surface area (Å²) in [5.41, 5.74) is 1.45. The van der Waals surface area contributed by atoms with Gasteiger partial charge >= 0.3 is 0 Å². The maximum Gasteiger partial charge on any atom is 0.251 e. The molecule has 23 heavy (non-hydrogen) atoms. The average molecular weight is 314 g/mol. The van der Waals surface area contributed by atoms with Crippen molar-refractivity contribution in [2.75, 3.05) is 18.5 Å². The minimum atomic E-state index is -0.0861. The van der Waals surface area contributed by atoms with Gasteiger partial charge in [0.25, 0.3) is 5.91 Å². The number of anilines is 2. The van der Waals surface area contributed by atoms with Gasteiger partial charge in [-0.15, -0.1) is 0 Å². The second-order valence-corrected chi connectivity index (χ2v) is 5.30. The van der Waals surface area contributed by atoms with Gasteiger partial charge in [-0.3, -0.25) is 4.79 Å². The Hall–Kier alpha value is -2.47. The standard InChI is InChI=1S/C17H22N4O2/c1-13(2)23-12-4-11-18-16(22)14-5-7-15(8-6-14)21-17-19-9-3-10-20-17/h3,5-10,13H,4,11-12H2,1-2H3,(H,18,22)(H,19,20,21). The van der Waals surface area contributed by atoms with Gasteiger partial charge in [0.2, 0.25) is 5.95 Å². The van der Waals surface area contributed by atoms with Crippen molar-refractivity contribution < 1.29 is 9.53 Å². The van der Waals surface area contributed by atoms with Crippen LogP contribution in [0.2, 0.25) is 0 Å². The van der Waals surface area contributed by atoms with Crippen LogP contribution in [0.3, 0.4) is 0 Å². The molecule has 0 fully saturated rings. The minimum absolute atomic E-state index is 0.0861. The highest BCUT2D eigenvalue weighted by Crippen LogP contribution is 2.13. The molecule has 0 aliphatic carbocycles. The summed E-state index contributed by atoms with van der Waals surface area (Å²) in [6.07, 6.45) is 4.36. The molecular formula is C17H22N4O2. The zero-order valence-corrected chi connectivity index (χ0v) is 13.5. The van der Waals surface area contributed by atoms with E-state index in [0.717, 1.165) is 12.1 Å². The number of hydrogen-bond donors (Lipinski definition) is 2. The molecule has 2 aromatic rings. The highest BCUT2D eigenvalue weighted by Gasteiger charge is 2.05. The first-order valence-electron chi connectivity index (χ1n) is 7.69. The van der Waals surface area contributed by atoms with E-state index >= 15 is 0 Å². The molecule has 1 aromatic carbocycles. The number of carbonyl (C=O) groups is 1. The van der Waals surface area contributed by atoms with E-state index in [1.165, 1.54) is 0 Å². The first-order chi connectivity index (χ1) is 11.1. The molecule has 2 N–H and O–H groups in total. The molecule has 2 rings (SSSR count). The third kappa shape index (κ3) is 6.04. The molecule has 0 spiro atoms. The van der Waals surface area contributed by atoms with Crippen LogP contribution in [-0.4, -0.2) is 35.1 Å². The number of amides is 1. The summed E-state index contributed by atoms with van der Waals surface area (Å²) in [7, 11) is 0. The van der Waals surface area contributed by atoms with Gasteiger partial charge in [-0.1, -0.05) is 0 Å². The first kappa shape index (κ1) is 16.9. The largest absolute Gasteiger partial charge is 0.379 e. The first-order valence-corrected chi connectivity index (χ1v) is 7.69. The van der Waals surface area contributed by atoms with Crippen LogP contribution in [0.5, 0.6) is 0 Å². The number of rotatable bonds is 8. The number of ether oxygens (including phenoxy) is 1. The van der Waals surface area contributed by atoms with Gasteiger partial charge in [-0.25, -0.2) is 9.97 Å². The topological polar surface area (TPSA) is 76.1 Å². The summed E-state index contributed by atoms with van der Waals surface area (Å²) < 4.78 is 5.43. The lowest BCUT2D eigenvalue weighted by Crippen LogP contribution is -2.25. The van der Waals surface area contributed by atoms with Crippen molar-refractivity contribution in [1.29, 1.82) is 0 Å². The van der Waals surface area contributed by atoms with Crippen molar-refractivity contribution >= 4 is 17.5 Å². The van der Waals surface area contributed by atoms with Crippen molar-refractivity contribution in [3.8, 4) is 0 Å². The molecule has 0 aliphatic heterocycles. The molecule has 6 heteroatoms. The predicted molar refractivity (Wildman–Crippen MR) is 89.8 cm³/mol. The van der Waals surface area contributed by atoms with Crippen LogP contribution in [0.25, 0.3) is 0 Å². The number of nitrogens with zero attached hydrogens (tertiary/aromatic N) is 2. The fourth-order valence-corrected chi connectivity index (χ4v) is 1.89. The van der Waals surface area contributed by atoms with Gasteiger partial charge in [-0.2, -0.15) is 0 Å². The van der Waals surface area contributed by atoms with Crippen LogP contribution in [0, 0.1) is 0 Å². The van der Waals surface area contributed by atoms with Gasteiger partial charge in [0, 0.05) is 36.8 Å². The molecule has 0 radical (unpaired) electrons. The maximum absolute atomic E-state index is 12.0. The molecule has 0 atom stereocenters. The second-order valence-electron chi connectivity index (χ2n) is 5.30. The SMILES string of the molecule is CC(C)OCCCNC(=O)c1ccc(Nc2ncccn2)cc1. The van der Waals surface area contributed by atoms with Crippen molar-refractivity contribution in [3.63, 3.8) is 0 Å². The summed E-state index contributed by atoms with van der Waals surface area (Å²) in [5, 5.41) is 5.95. The Morgan fingerprint density at radius 3 is 2.52 bits per heavy atom. The fourth-order valence-electron chi connectivity index (χ4n) is 1.89. The van der Waals surface area contributed by atoms with Crippen LogP contribution >= 0.6 is 0 Å². The van der Waals surface area contributed by atoms with Crippen LogP contribution in [0.15, 0.2) is 42.7 Å². The lowest BCUT2D eigenvalue weighted by atomic mass is 10.2. The van der Waals surface area contributed by atoms with Gasteiger partial charge < -0.3 is 15.4 Å². The minimum Gasteiger partial charge on any atom is -0.379 e. The monoisotopic (exact) mass is 314 g/mol.